The summed E-state index contributed by atoms with van der Waals surface area (Å²) in [6, 6.07) is 13.8. The van der Waals surface area contributed by atoms with Crippen LogP contribution in [0.1, 0.15) is 18.3 Å². The SMILES string of the molecule is CCNC(=NCc1coc(-c2cccs2)n1)NCc1coc(-c2ccccc2)n1.I. The largest absolute Gasteiger partial charge is 0.444 e. The standard InChI is InChI=1S/C21H21N5O2S.HI/c1-2-22-21(24-12-17-14-28-20(26-17)18-9-6-10-29-18)23-11-16-13-27-19(25-16)15-7-4-3-5-8-15;/h3-10,13-14H,2,11-12H2,1H3,(H2,22,23,24);1H. The summed E-state index contributed by atoms with van der Waals surface area (Å²) in [6.45, 7) is 3.69. The zero-order valence-electron chi connectivity index (χ0n) is 16.4. The van der Waals surface area contributed by atoms with Gasteiger partial charge in [0.15, 0.2) is 5.96 Å². The Morgan fingerprint density at radius 2 is 1.73 bits per heavy atom. The summed E-state index contributed by atoms with van der Waals surface area (Å²) in [5.41, 5.74) is 2.53. The second kappa shape index (κ2) is 10.9. The second-order valence-corrected chi connectivity index (χ2v) is 7.13. The van der Waals surface area contributed by atoms with Gasteiger partial charge in [-0.3, -0.25) is 0 Å². The first kappa shape index (κ1) is 22.0. The molecule has 0 aliphatic rings. The zero-order valence-corrected chi connectivity index (χ0v) is 19.5. The fourth-order valence-electron chi connectivity index (χ4n) is 2.67. The summed E-state index contributed by atoms with van der Waals surface area (Å²) in [5, 5.41) is 8.48. The van der Waals surface area contributed by atoms with Gasteiger partial charge in [-0.15, -0.1) is 35.3 Å². The Morgan fingerprint density at radius 1 is 0.967 bits per heavy atom. The molecule has 156 valence electrons. The van der Waals surface area contributed by atoms with Crippen molar-refractivity contribution in [2.75, 3.05) is 6.54 Å². The van der Waals surface area contributed by atoms with Gasteiger partial charge in [-0.25, -0.2) is 15.0 Å². The van der Waals surface area contributed by atoms with E-state index in [1.54, 1.807) is 23.9 Å². The molecule has 4 aromatic rings. The van der Waals surface area contributed by atoms with Crippen molar-refractivity contribution in [2.24, 2.45) is 4.99 Å². The van der Waals surface area contributed by atoms with Gasteiger partial charge in [0, 0.05) is 12.1 Å². The summed E-state index contributed by atoms with van der Waals surface area (Å²) < 4.78 is 11.1. The Morgan fingerprint density at radius 3 is 2.50 bits per heavy atom. The highest BCUT2D eigenvalue weighted by Crippen LogP contribution is 2.23. The van der Waals surface area contributed by atoms with Crippen LogP contribution in [-0.2, 0) is 13.1 Å². The van der Waals surface area contributed by atoms with Crippen LogP contribution in [0.25, 0.3) is 22.2 Å². The molecule has 0 aliphatic carbocycles. The van der Waals surface area contributed by atoms with Crippen LogP contribution in [0, 0.1) is 0 Å². The Labute approximate surface area is 195 Å². The Hall–Kier alpha value is -2.66. The van der Waals surface area contributed by atoms with E-state index in [1.807, 2.05) is 54.8 Å². The number of aromatic nitrogens is 2. The number of oxazole rings is 2. The predicted octanol–water partition coefficient (Wildman–Crippen LogP) is 4.93. The van der Waals surface area contributed by atoms with Gasteiger partial charge in [-0.05, 0) is 30.5 Å². The van der Waals surface area contributed by atoms with E-state index in [0.717, 1.165) is 28.4 Å². The van der Waals surface area contributed by atoms with Gasteiger partial charge in [0.05, 0.1) is 23.7 Å². The molecule has 0 atom stereocenters. The average Bonchev–Trinajstić information content (AvgIpc) is 3.52. The average molecular weight is 535 g/mol. The van der Waals surface area contributed by atoms with Crippen molar-refractivity contribution < 1.29 is 8.83 Å². The van der Waals surface area contributed by atoms with Crippen LogP contribution >= 0.6 is 35.3 Å². The van der Waals surface area contributed by atoms with Crippen molar-refractivity contribution in [3.63, 3.8) is 0 Å². The number of nitrogens with one attached hydrogen (secondary N) is 2. The number of hydrogen-bond donors (Lipinski definition) is 2. The van der Waals surface area contributed by atoms with E-state index in [2.05, 4.69) is 25.6 Å². The molecule has 0 spiro atoms. The zero-order chi connectivity index (χ0) is 19.9. The fourth-order valence-corrected chi connectivity index (χ4v) is 3.33. The van der Waals surface area contributed by atoms with Crippen molar-refractivity contribution in [2.45, 2.75) is 20.0 Å². The molecule has 0 aliphatic heterocycles. The number of hydrogen-bond acceptors (Lipinski definition) is 6. The minimum Gasteiger partial charge on any atom is -0.444 e. The molecule has 0 bridgehead atoms. The van der Waals surface area contributed by atoms with E-state index in [-0.39, 0.29) is 24.0 Å². The molecule has 7 nitrogen and oxygen atoms in total. The first-order valence-corrected chi connectivity index (χ1v) is 10.2. The summed E-state index contributed by atoms with van der Waals surface area (Å²) in [4.78, 5) is 14.6. The minimum atomic E-state index is 0. The molecule has 2 N–H and O–H groups in total. The second-order valence-electron chi connectivity index (χ2n) is 6.18. The van der Waals surface area contributed by atoms with Crippen molar-refractivity contribution in [3.8, 4) is 22.2 Å². The fraction of sp³-hybridized carbons (Fsp3) is 0.190. The van der Waals surface area contributed by atoms with E-state index in [1.165, 1.54) is 0 Å². The number of thiophene rings is 1. The summed E-state index contributed by atoms with van der Waals surface area (Å²) in [7, 11) is 0. The lowest BCUT2D eigenvalue weighted by Gasteiger charge is -2.09. The van der Waals surface area contributed by atoms with Crippen LogP contribution in [-0.4, -0.2) is 22.5 Å². The molecular weight excluding hydrogens is 513 g/mol. The van der Waals surface area contributed by atoms with Crippen molar-refractivity contribution in [3.05, 3.63) is 71.8 Å². The Kier molecular flexibility index (Phi) is 8.03. The van der Waals surface area contributed by atoms with E-state index in [4.69, 9.17) is 8.83 Å². The number of guanidine groups is 1. The number of aliphatic imine (C=N–C) groups is 1. The lowest BCUT2D eigenvalue weighted by atomic mass is 10.2. The topological polar surface area (TPSA) is 88.5 Å². The van der Waals surface area contributed by atoms with Gasteiger partial charge in [0.1, 0.15) is 18.2 Å². The molecule has 9 heteroatoms. The van der Waals surface area contributed by atoms with Crippen molar-refractivity contribution in [1.82, 2.24) is 20.6 Å². The van der Waals surface area contributed by atoms with E-state index < -0.39 is 0 Å². The van der Waals surface area contributed by atoms with Gasteiger partial charge in [0.25, 0.3) is 0 Å². The molecule has 4 rings (SSSR count). The molecule has 0 unspecified atom stereocenters. The lowest BCUT2D eigenvalue weighted by Crippen LogP contribution is -2.36. The molecular formula is C21H22IN5O2S. The maximum atomic E-state index is 5.58. The van der Waals surface area contributed by atoms with Crippen LogP contribution in [0.2, 0.25) is 0 Å². The molecule has 1 aromatic carbocycles. The van der Waals surface area contributed by atoms with Gasteiger partial charge < -0.3 is 19.5 Å². The minimum absolute atomic E-state index is 0. The normalized spacial score (nSPS) is 11.2. The molecule has 0 fully saturated rings. The number of benzene rings is 1. The monoisotopic (exact) mass is 535 g/mol. The molecule has 30 heavy (non-hydrogen) atoms. The molecule has 0 amide bonds. The van der Waals surface area contributed by atoms with Gasteiger partial charge in [-0.2, -0.15) is 0 Å². The highest BCUT2D eigenvalue weighted by Gasteiger charge is 2.09. The third-order valence-electron chi connectivity index (χ3n) is 4.04. The van der Waals surface area contributed by atoms with Gasteiger partial charge in [0.2, 0.25) is 11.8 Å². The molecule has 0 saturated carbocycles. The van der Waals surface area contributed by atoms with Crippen molar-refractivity contribution >= 4 is 41.3 Å². The maximum Gasteiger partial charge on any atom is 0.236 e. The van der Waals surface area contributed by atoms with E-state index >= 15 is 0 Å². The highest BCUT2D eigenvalue weighted by molar-refractivity contribution is 14.0. The van der Waals surface area contributed by atoms with E-state index in [9.17, 15) is 0 Å². The van der Waals surface area contributed by atoms with Gasteiger partial charge in [-0.1, -0.05) is 24.3 Å². The number of halogens is 1. The van der Waals surface area contributed by atoms with Crippen LogP contribution < -0.4 is 10.6 Å². The molecule has 3 aromatic heterocycles. The third kappa shape index (κ3) is 5.70. The first-order chi connectivity index (χ1) is 14.3. The summed E-state index contributed by atoms with van der Waals surface area (Å²) in [6.07, 6.45) is 3.30. The van der Waals surface area contributed by atoms with Gasteiger partial charge >= 0.3 is 0 Å². The molecule has 0 saturated heterocycles. The number of rotatable bonds is 7. The lowest BCUT2D eigenvalue weighted by molar-refractivity contribution is 0.572. The summed E-state index contributed by atoms with van der Waals surface area (Å²) >= 11 is 1.60. The number of nitrogens with zero attached hydrogens (tertiary/aromatic N) is 3. The van der Waals surface area contributed by atoms with Crippen LogP contribution in [0.3, 0.4) is 0 Å². The Balaban J connectivity index is 0.00000256. The summed E-state index contributed by atoms with van der Waals surface area (Å²) in [5.74, 6) is 1.91. The van der Waals surface area contributed by atoms with Crippen LogP contribution in [0.4, 0.5) is 0 Å². The van der Waals surface area contributed by atoms with E-state index in [0.29, 0.717) is 30.8 Å². The van der Waals surface area contributed by atoms with Crippen molar-refractivity contribution in [1.29, 1.82) is 0 Å². The third-order valence-corrected chi connectivity index (χ3v) is 4.89. The maximum absolute atomic E-state index is 5.58. The van der Waals surface area contributed by atoms with Crippen LogP contribution in [0.5, 0.6) is 0 Å². The molecule has 3 heterocycles. The Bertz CT molecular complexity index is 1060. The van der Waals surface area contributed by atoms with Crippen LogP contribution in [0.15, 0.2) is 74.2 Å². The smallest absolute Gasteiger partial charge is 0.236 e. The quantitative estimate of drug-likeness (QED) is 0.198. The predicted molar refractivity (Wildman–Crippen MR) is 129 cm³/mol. The first-order valence-electron chi connectivity index (χ1n) is 9.32. The highest BCUT2D eigenvalue weighted by atomic mass is 127. The molecule has 0 radical (unpaired) electrons.